The van der Waals surface area contributed by atoms with Crippen LogP contribution in [0.2, 0.25) is 0 Å². The van der Waals surface area contributed by atoms with E-state index < -0.39 is 49.5 Å². The van der Waals surface area contributed by atoms with Gasteiger partial charge in [-0.3, -0.25) is 4.79 Å². The number of carbonyl (C=O) groups is 1. The van der Waals surface area contributed by atoms with Crippen LogP contribution in [-0.2, 0) is 14.3 Å². The number of nitrogens with one attached hydrogen (secondary N) is 1. The van der Waals surface area contributed by atoms with E-state index in [0.29, 0.717) is 6.42 Å². The number of allylic oxidation sites excluding steroid dienone is 5. The van der Waals surface area contributed by atoms with Gasteiger partial charge in [0.2, 0.25) is 5.91 Å². The normalized spacial score (nSPS) is 22.6. The lowest BCUT2D eigenvalue weighted by Gasteiger charge is -2.40. The number of hydrogen-bond donors (Lipinski definition) is 6. The Labute approximate surface area is 304 Å². The molecule has 50 heavy (non-hydrogen) atoms. The average Bonchev–Trinajstić information content (AvgIpc) is 3.11. The van der Waals surface area contributed by atoms with Crippen LogP contribution in [0.25, 0.3) is 0 Å². The van der Waals surface area contributed by atoms with Crippen LogP contribution < -0.4 is 5.32 Å². The number of amides is 1. The van der Waals surface area contributed by atoms with Crippen LogP contribution in [0.1, 0.15) is 162 Å². The van der Waals surface area contributed by atoms with Crippen molar-refractivity contribution in [1.29, 1.82) is 0 Å². The predicted molar refractivity (Wildman–Crippen MR) is 203 cm³/mol. The molecule has 0 aliphatic carbocycles. The van der Waals surface area contributed by atoms with Crippen LogP contribution in [0.4, 0.5) is 0 Å². The highest BCUT2D eigenvalue weighted by Crippen LogP contribution is 2.22. The van der Waals surface area contributed by atoms with Crippen molar-refractivity contribution >= 4 is 5.91 Å². The predicted octanol–water partition coefficient (Wildman–Crippen LogP) is 7.33. The molecule has 1 amide bonds. The molecule has 7 atom stereocenters. The van der Waals surface area contributed by atoms with Crippen molar-refractivity contribution in [3.8, 4) is 0 Å². The van der Waals surface area contributed by atoms with Gasteiger partial charge < -0.3 is 40.3 Å². The van der Waals surface area contributed by atoms with Crippen molar-refractivity contribution in [2.45, 2.75) is 204 Å². The summed E-state index contributed by atoms with van der Waals surface area (Å²) in [5.74, 6) is -0.206. The van der Waals surface area contributed by atoms with E-state index in [0.717, 1.165) is 57.8 Å². The summed E-state index contributed by atoms with van der Waals surface area (Å²) in [6.45, 7) is 3.63. The fourth-order valence-corrected chi connectivity index (χ4v) is 6.13. The van der Waals surface area contributed by atoms with Crippen molar-refractivity contribution in [2.24, 2.45) is 0 Å². The Kier molecular flexibility index (Phi) is 29.8. The topological polar surface area (TPSA) is 149 Å². The number of ether oxygens (including phenoxy) is 2. The average molecular weight is 710 g/mol. The molecule has 1 heterocycles. The van der Waals surface area contributed by atoms with Crippen molar-refractivity contribution in [2.75, 3.05) is 13.2 Å². The second-order valence-corrected chi connectivity index (χ2v) is 14.1. The SMILES string of the molecule is CCCCCCCCCCCCCC/C=C/CC/C=C/CC/C=C/C(O)C(COC1OC(CO)C(O)C(O)C1O)NC(=O)CCCCCCC. The van der Waals surface area contributed by atoms with Gasteiger partial charge in [0.05, 0.1) is 25.4 Å². The molecule has 1 fully saturated rings. The first kappa shape index (κ1) is 46.4. The number of aliphatic hydroxyl groups excluding tert-OH is 5. The minimum atomic E-state index is -1.57. The summed E-state index contributed by atoms with van der Waals surface area (Å²) >= 11 is 0. The van der Waals surface area contributed by atoms with E-state index in [9.17, 15) is 30.3 Å². The Morgan fingerprint density at radius 2 is 1.14 bits per heavy atom. The van der Waals surface area contributed by atoms with Gasteiger partial charge in [-0.2, -0.15) is 0 Å². The van der Waals surface area contributed by atoms with E-state index in [1.807, 2.05) is 6.08 Å². The molecule has 0 aromatic rings. The maximum Gasteiger partial charge on any atom is 0.220 e. The summed E-state index contributed by atoms with van der Waals surface area (Å²) in [7, 11) is 0. The van der Waals surface area contributed by atoms with E-state index in [1.165, 1.54) is 83.5 Å². The molecule has 0 spiro atoms. The maximum absolute atomic E-state index is 12.7. The van der Waals surface area contributed by atoms with E-state index in [1.54, 1.807) is 6.08 Å². The van der Waals surface area contributed by atoms with Gasteiger partial charge in [0.25, 0.3) is 0 Å². The van der Waals surface area contributed by atoms with Crippen molar-refractivity contribution < 1.29 is 39.8 Å². The third kappa shape index (κ3) is 23.1. The minimum absolute atomic E-state index is 0.206. The molecular weight excluding hydrogens is 634 g/mol. The number of aliphatic hydroxyl groups is 5. The first-order valence-electron chi connectivity index (χ1n) is 20.2. The fourth-order valence-electron chi connectivity index (χ4n) is 6.13. The van der Waals surface area contributed by atoms with E-state index in [2.05, 4.69) is 43.5 Å². The Balaban J connectivity index is 2.33. The Hall–Kier alpha value is -1.59. The molecule has 0 radical (unpaired) electrons. The van der Waals surface area contributed by atoms with Crippen LogP contribution in [0.3, 0.4) is 0 Å². The quantitative estimate of drug-likeness (QED) is 0.0314. The zero-order valence-electron chi connectivity index (χ0n) is 31.6. The molecule has 292 valence electrons. The summed E-state index contributed by atoms with van der Waals surface area (Å²) in [6.07, 6.45) is 31.0. The number of hydrogen-bond acceptors (Lipinski definition) is 8. The van der Waals surface area contributed by atoms with Crippen LogP contribution in [-0.4, -0.2) is 87.5 Å². The molecule has 1 rings (SSSR count). The molecule has 9 nitrogen and oxygen atoms in total. The van der Waals surface area contributed by atoms with E-state index >= 15 is 0 Å². The molecule has 7 unspecified atom stereocenters. The summed E-state index contributed by atoms with van der Waals surface area (Å²) in [6, 6.07) is -0.820. The van der Waals surface area contributed by atoms with E-state index in [-0.39, 0.29) is 12.5 Å². The summed E-state index contributed by atoms with van der Waals surface area (Å²) in [5, 5.41) is 53.6. The first-order valence-corrected chi connectivity index (χ1v) is 20.2. The lowest BCUT2D eigenvalue weighted by atomic mass is 9.99. The first-order chi connectivity index (χ1) is 24.3. The molecule has 0 saturated carbocycles. The molecule has 6 N–H and O–H groups in total. The third-order valence-corrected chi connectivity index (χ3v) is 9.45. The molecule has 1 saturated heterocycles. The molecule has 0 aromatic heterocycles. The second kappa shape index (κ2) is 32.1. The van der Waals surface area contributed by atoms with Gasteiger partial charge in [-0.15, -0.1) is 0 Å². The molecular formula is C41H75NO8. The van der Waals surface area contributed by atoms with Gasteiger partial charge in [0.15, 0.2) is 6.29 Å². The number of unbranched alkanes of at least 4 members (excludes halogenated alkanes) is 18. The largest absolute Gasteiger partial charge is 0.394 e. The van der Waals surface area contributed by atoms with Gasteiger partial charge >= 0.3 is 0 Å². The zero-order chi connectivity index (χ0) is 36.7. The Morgan fingerprint density at radius 3 is 1.68 bits per heavy atom. The fraction of sp³-hybridized carbons (Fsp3) is 0.829. The monoisotopic (exact) mass is 710 g/mol. The zero-order valence-corrected chi connectivity index (χ0v) is 31.6. The van der Waals surface area contributed by atoms with Crippen molar-refractivity contribution in [3.05, 3.63) is 36.5 Å². The molecule has 1 aliphatic rings. The molecule has 9 heteroatoms. The van der Waals surface area contributed by atoms with Gasteiger partial charge in [0, 0.05) is 6.42 Å². The Morgan fingerprint density at radius 1 is 0.660 bits per heavy atom. The van der Waals surface area contributed by atoms with E-state index in [4.69, 9.17) is 9.47 Å². The van der Waals surface area contributed by atoms with Crippen molar-refractivity contribution in [3.63, 3.8) is 0 Å². The summed E-state index contributed by atoms with van der Waals surface area (Å²) < 4.78 is 11.1. The molecule has 1 aliphatic heterocycles. The summed E-state index contributed by atoms with van der Waals surface area (Å²) in [5.41, 5.74) is 0. The van der Waals surface area contributed by atoms with Gasteiger partial charge in [-0.05, 0) is 44.9 Å². The number of carbonyl (C=O) groups excluding carboxylic acids is 1. The highest BCUT2D eigenvalue weighted by Gasteiger charge is 2.44. The lowest BCUT2D eigenvalue weighted by molar-refractivity contribution is -0.302. The Bertz CT molecular complexity index is 879. The van der Waals surface area contributed by atoms with Gasteiger partial charge in [0.1, 0.15) is 24.4 Å². The lowest BCUT2D eigenvalue weighted by Crippen LogP contribution is -2.60. The molecule has 0 bridgehead atoms. The number of rotatable bonds is 32. The van der Waals surface area contributed by atoms with Crippen LogP contribution in [0.15, 0.2) is 36.5 Å². The van der Waals surface area contributed by atoms with Gasteiger partial charge in [-0.1, -0.05) is 147 Å². The highest BCUT2D eigenvalue weighted by molar-refractivity contribution is 5.76. The summed E-state index contributed by atoms with van der Waals surface area (Å²) in [4.78, 5) is 12.7. The second-order valence-electron chi connectivity index (χ2n) is 14.1. The van der Waals surface area contributed by atoms with Crippen LogP contribution in [0, 0.1) is 0 Å². The minimum Gasteiger partial charge on any atom is -0.394 e. The smallest absolute Gasteiger partial charge is 0.220 e. The third-order valence-electron chi connectivity index (χ3n) is 9.45. The van der Waals surface area contributed by atoms with Gasteiger partial charge in [-0.25, -0.2) is 0 Å². The maximum atomic E-state index is 12.7. The standard InChI is InChI=1S/C41H75NO8/c1-3-5-7-9-10-11-12-13-14-15-16-17-18-19-20-21-22-23-24-25-27-28-30-35(44)34(42-37(45)31-29-26-8-6-4-2)33-49-41-40(48)39(47)38(46)36(32-43)50-41/h19-20,23-24,28,30,34-36,38-41,43-44,46-48H,3-18,21-22,25-27,29,31-33H2,1-2H3,(H,42,45)/b20-19+,24-23+,30-28+. The van der Waals surface area contributed by atoms with Crippen LogP contribution in [0.5, 0.6) is 0 Å². The van der Waals surface area contributed by atoms with Crippen molar-refractivity contribution in [1.82, 2.24) is 5.32 Å². The highest BCUT2D eigenvalue weighted by atomic mass is 16.7. The van der Waals surface area contributed by atoms with Crippen LogP contribution >= 0.6 is 0 Å². The molecule has 0 aromatic carbocycles.